The first-order valence-corrected chi connectivity index (χ1v) is 5.98. The van der Waals surface area contributed by atoms with E-state index in [2.05, 4.69) is 19.3 Å². The SMILES string of the molecule is COC(C)(C)CCC(NN)c1cc(C)oc1C. The smallest absolute Gasteiger partial charge is 0.105 e. The van der Waals surface area contributed by atoms with Crippen LogP contribution in [-0.4, -0.2) is 12.7 Å². The largest absolute Gasteiger partial charge is 0.466 e. The van der Waals surface area contributed by atoms with Gasteiger partial charge in [-0.2, -0.15) is 0 Å². The third-order valence-electron chi connectivity index (χ3n) is 3.24. The van der Waals surface area contributed by atoms with Crippen LogP contribution in [0, 0.1) is 13.8 Å². The zero-order chi connectivity index (χ0) is 13.1. The first-order chi connectivity index (χ1) is 7.89. The van der Waals surface area contributed by atoms with Gasteiger partial charge < -0.3 is 9.15 Å². The van der Waals surface area contributed by atoms with Gasteiger partial charge in [0.2, 0.25) is 0 Å². The molecule has 1 aromatic rings. The van der Waals surface area contributed by atoms with Gasteiger partial charge in [-0.3, -0.25) is 11.3 Å². The van der Waals surface area contributed by atoms with E-state index in [0.29, 0.717) is 0 Å². The summed E-state index contributed by atoms with van der Waals surface area (Å²) in [5.41, 5.74) is 3.87. The normalized spacial score (nSPS) is 14.0. The third-order valence-corrected chi connectivity index (χ3v) is 3.24. The molecule has 0 saturated heterocycles. The molecule has 0 saturated carbocycles. The average molecular weight is 240 g/mol. The maximum Gasteiger partial charge on any atom is 0.105 e. The Kier molecular flexibility index (Phi) is 4.74. The second-order valence-corrected chi connectivity index (χ2v) is 5.09. The molecular weight excluding hydrogens is 216 g/mol. The lowest BCUT2D eigenvalue weighted by atomic mass is 9.95. The third kappa shape index (κ3) is 3.84. The number of aryl methyl sites for hydroxylation is 2. The second-order valence-electron chi connectivity index (χ2n) is 5.09. The van der Waals surface area contributed by atoms with Crippen LogP contribution < -0.4 is 11.3 Å². The van der Waals surface area contributed by atoms with E-state index in [-0.39, 0.29) is 11.6 Å². The van der Waals surface area contributed by atoms with Crippen LogP contribution in [0.2, 0.25) is 0 Å². The van der Waals surface area contributed by atoms with E-state index in [9.17, 15) is 0 Å². The molecule has 0 spiro atoms. The van der Waals surface area contributed by atoms with Gasteiger partial charge in [0.05, 0.1) is 5.60 Å². The highest BCUT2D eigenvalue weighted by molar-refractivity contribution is 5.23. The number of hydrazine groups is 1. The van der Waals surface area contributed by atoms with Crippen molar-refractivity contribution in [1.82, 2.24) is 5.43 Å². The van der Waals surface area contributed by atoms with Crippen molar-refractivity contribution >= 4 is 0 Å². The van der Waals surface area contributed by atoms with Crippen molar-refractivity contribution in [1.29, 1.82) is 0 Å². The number of hydrogen-bond donors (Lipinski definition) is 2. The van der Waals surface area contributed by atoms with Crippen LogP contribution >= 0.6 is 0 Å². The van der Waals surface area contributed by atoms with Crippen LogP contribution in [0.1, 0.15) is 49.8 Å². The molecule has 4 heteroatoms. The van der Waals surface area contributed by atoms with Crippen LogP contribution in [0.3, 0.4) is 0 Å². The monoisotopic (exact) mass is 240 g/mol. The molecule has 17 heavy (non-hydrogen) atoms. The quantitative estimate of drug-likeness (QED) is 0.592. The summed E-state index contributed by atoms with van der Waals surface area (Å²) in [7, 11) is 1.73. The Morgan fingerprint density at radius 1 is 1.47 bits per heavy atom. The van der Waals surface area contributed by atoms with E-state index >= 15 is 0 Å². The van der Waals surface area contributed by atoms with Crippen molar-refractivity contribution in [2.24, 2.45) is 5.84 Å². The zero-order valence-electron chi connectivity index (χ0n) is 11.5. The predicted molar refractivity (Wildman–Crippen MR) is 68.6 cm³/mol. The summed E-state index contributed by atoms with van der Waals surface area (Å²) in [6.45, 7) is 8.07. The highest BCUT2D eigenvalue weighted by Gasteiger charge is 2.21. The van der Waals surface area contributed by atoms with Gasteiger partial charge in [0.1, 0.15) is 11.5 Å². The molecule has 0 bridgehead atoms. The summed E-state index contributed by atoms with van der Waals surface area (Å²) in [5, 5.41) is 0. The van der Waals surface area contributed by atoms with Gasteiger partial charge in [0.25, 0.3) is 0 Å². The van der Waals surface area contributed by atoms with Crippen LogP contribution in [-0.2, 0) is 4.74 Å². The lowest BCUT2D eigenvalue weighted by Gasteiger charge is -2.25. The second kappa shape index (κ2) is 5.67. The van der Waals surface area contributed by atoms with E-state index in [4.69, 9.17) is 15.0 Å². The van der Waals surface area contributed by atoms with Crippen molar-refractivity contribution in [3.05, 3.63) is 23.2 Å². The van der Waals surface area contributed by atoms with Crippen LogP contribution in [0.15, 0.2) is 10.5 Å². The van der Waals surface area contributed by atoms with Crippen molar-refractivity contribution in [2.75, 3.05) is 7.11 Å². The molecule has 3 N–H and O–H groups in total. The van der Waals surface area contributed by atoms with Gasteiger partial charge in [0, 0.05) is 18.7 Å². The maximum absolute atomic E-state index is 5.62. The van der Waals surface area contributed by atoms with Gasteiger partial charge in [-0.15, -0.1) is 0 Å². The summed E-state index contributed by atoms with van der Waals surface area (Å²) >= 11 is 0. The Bertz CT molecular complexity index is 358. The Morgan fingerprint density at radius 2 is 2.12 bits per heavy atom. The number of hydrogen-bond acceptors (Lipinski definition) is 4. The molecule has 1 heterocycles. The Labute approximate surface area is 103 Å². The summed E-state index contributed by atoms with van der Waals surface area (Å²) in [4.78, 5) is 0. The minimum absolute atomic E-state index is 0.113. The molecule has 1 aromatic heterocycles. The van der Waals surface area contributed by atoms with E-state index in [1.807, 2.05) is 19.9 Å². The summed E-state index contributed by atoms with van der Waals surface area (Å²) in [6.07, 6.45) is 1.85. The molecule has 0 radical (unpaired) electrons. The molecule has 98 valence electrons. The molecule has 4 nitrogen and oxygen atoms in total. The van der Waals surface area contributed by atoms with Gasteiger partial charge in [0.15, 0.2) is 0 Å². The van der Waals surface area contributed by atoms with Crippen LogP contribution in [0.5, 0.6) is 0 Å². The standard InChI is InChI=1S/C13H24N2O2/c1-9-8-11(10(2)17-9)12(15-14)6-7-13(3,4)16-5/h8,12,15H,6-7,14H2,1-5H3. The molecule has 0 amide bonds. The lowest BCUT2D eigenvalue weighted by molar-refractivity contribution is 0.0116. The fourth-order valence-electron chi connectivity index (χ4n) is 1.92. The molecule has 1 atom stereocenters. The lowest BCUT2D eigenvalue weighted by Crippen LogP contribution is -2.31. The van der Waals surface area contributed by atoms with E-state index in [0.717, 1.165) is 29.9 Å². The van der Waals surface area contributed by atoms with Gasteiger partial charge in [-0.05, 0) is 46.6 Å². The topological polar surface area (TPSA) is 60.4 Å². The predicted octanol–water partition coefficient (Wildman–Crippen LogP) is 2.61. The van der Waals surface area contributed by atoms with E-state index in [1.165, 1.54) is 0 Å². The first-order valence-electron chi connectivity index (χ1n) is 5.98. The molecule has 1 rings (SSSR count). The molecule has 0 aromatic carbocycles. The Morgan fingerprint density at radius 3 is 2.53 bits per heavy atom. The van der Waals surface area contributed by atoms with Gasteiger partial charge >= 0.3 is 0 Å². The number of nitrogens with one attached hydrogen (secondary N) is 1. The molecule has 0 aliphatic rings. The van der Waals surface area contributed by atoms with Crippen LogP contribution in [0.4, 0.5) is 0 Å². The minimum atomic E-state index is -0.123. The van der Waals surface area contributed by atoms with Gasteiger partial charge in [-0.25, -0.2) is 0 Å². The summed E-state index contributed by atoms with van der Waals surface area (Å²) in [6, 6.07) is 2.15. The summed E-state index contributed by atoms with van der Waals surface area (Å²) < 4.78 is 10.9. The highest BCUT2D eigenvalue weighted by atomic mass is 16.5. The Hall–Kier alpha value is -0.840. The molecule has 0 aliphatic carbocycles. The van der Waals surface area contributed by atoms with Crippen molar-refractivity contribution in [3.8, 4) is 0 Å². The number of nitrogens with two attached hydrogens (primary N) is 1. The molecule has 0 aliphatic heterocycles. The highest BCUT2D eigenvalue weighted by Crippen LogP contribution is 2.27. The van der Waals surface area contributed by atoms with Crippen molar-refractivity contribution in [2.45, 2.75) is 52.2 Å². The number of rotatable bonds is 6. The first kappa shape index (κ1) is 14.2. The summed E-state index contributed by atoms with van der Waals surface area (Å²) in [5.74, 6) is 7.47. The van der Waals surface area contributed by atoms with Gasteiger partial charge in [-0.1, -0.05) is 0 Å². The molecule has 0 fully saturated rings. The van der Waals surface area contributed by atoms with Crippen molar-refractivity contribution in [3.63, 3.8) is 0 Å². The fraction of sp³-hybridized carbons (Fsp3) is 0.692. The van der Waals surface area contributed by atoms with Crippen molar-refractivity contribution < 1.29 is 9.15 Å². The van der Waals surface area contributed by atoms with Crippen LogP contribution in [0.25, 0.3) is 0 Å². The maximum atomic E-state index is 5.62. The van der Waals surface area contributed by atoms with E-state index < -0.39 is 0 Å². The molecule has 1 unspecified atom stereocenters. The Balaban J connectivity index is 2.70. The zero-order valence-corrected chi connectivity index (χ0v) is 11.5. The number of furan rings is 1. The average Bonchev–Trinajstić information content (AvgIpc) is 2.59. The fourth-order valence-corrected chi connectivity index (χ4v) is 1.92. The minimum Gasteiger partial charge on any atom is -0.466 e. The number of methoxy groups -OCH3 is 1. The van der Waals surface area contributed by atoms with E-state index in [1.54, 1.807) is 7.11 Å². The molecular formula is C13H24N2O2. The number of ether oxygens (including phenoxy) is 1.